The molecular formula is C27H34F3N5O2. The van der Waals surface area contributed by atoms with Crippen molar-refractivity contribution in [3.8, 4) is 0 Å². The number of halogens is 3. The van der Waals surface area contributed by atoms with Crippen molar-refractivity contribution >= 4 is 28.8 Å². The van der Waals surface area contributed by atoms with Crippen LogP contribution in [0.25, 0.3) is 0 Å². The summed E-state index contributed by atoms with van der Waals surface area (Å²) < 4.78 is 45.2. The quantitative estimate of drug-likeness (QED) is 0.582. The first-order valence-electron chi connectivity index (χ1n) is 13.1. The second kappa shape index (κ2) is 10.9. The van der Waals surface area contributed by atoms with Crippen LogP contribution in [0, 0.1) is 5.92 Å². The van der Waals surface area contributed by atoms with E-state index in [4.69, 9.17) is 4.74 Å². The van der Waals surface area contributed by atoms with E-state index in [2.05, 4.69) is 32.7 Å². The summed E-state index contributed by atoms with van der Waals surface area (Å²) in [6.45, 7) is 4.84. The first-order chi connectivity index (χ1) is 17.8. The first kappa shape index (κ1) is 25.8. The number of benzene rings is 1. The molecule has 2 N–H and O–H groups in total. The van der Waals surface area contributed by atoms with Crippen molar-refractivity contribution in [2.24, 2.45) is 5.92 Å². The van der Waals surface area contributed by atoms with Gasteiger partial charge < -0.3 is 25.2 Å². The molecule has 1 atom stereocenters. The van der Waals surface area contributed by atoms with E-state index in [1.807, 2.05) is 23.1 Å². The molecule has 0 bridgehead atoms. The zero-order valence-corrected chi connectivity index (χ0v) is 21.1. The van der Waals surface area contributed by atoms with Crippen molar-refractivity contribution in [1.29, 1.82) is 0 Å². The fourth-order valence-electron chi connectivity index (χ4n) is 5.58. The molecule has 0 unspecified atom stereocenters. The predicted octanol–water partition coefficient (Wildman–Crippen LogP) is 5.00. The number of amides is 1. The molecule has 1 aromatic heterocycles. The number of nitrogens with zero attached hydrogens (tertiary/aromatic N) is 3. The highest BCUT2D eigenvalue weighted by atomic mass is 19.4. The topological polar surface area (TPSA) is 69.7 Å². The number of pyridine rings is 1. The molecule has 5 rings (SSSR count). The molecule has 7 nitrogen and oxygen atoms in total. The third-order valence-electron chi connectivity index (χ3n) is 7.70. The zero-order valence-electron chi connectivity index (χ0n) is 21.1. The summed E-state index contributed by atoms with van der Waals surface area (Å²) in [6, 6.07) is 8.19. The van der Waals surface area contributed by atoms with Crippen molar-refractivity contribution in [2.45, 2.75) is 63.8 Å². The molecule has 1 aromatic carbocycles. The largest absolute Gasteiger partial charge is 0.403 e. The predicted molar refractivity (Wildman–Crippen MR) is 137 cm³/mol. The van der Waals surface area contributed by atoms with Crippen LogP contribution in [0.1, 0.15) is 44.6 Å². The van der Waals surface area contributed by atoms with Gasteiger partial charge in [0.05, 0.1) is 31.1 Å². The van der Waals surface area contributed by atoms with E-state index in [0.717, 1.165) is 41.5 Å². The molecule has 0 radical (unpaired) electrons. The Balaban J connectivity index is 1.36. The van der Waals surface area contributed by atoms with Gasteiger partial charge in [0.25, 0.3) is 0 Å². The van der Waals surface area contributed by atoms with Crippen molar-refractivity contribution in [2.75, 3.05) is 41.4 Å². The Morgan fingerprint density at radius 1 is 1.19 bits per heavy atom. The summed E-state index contributed by atoms with van der Waals surface area (Å²) in [6.07, 6.45) is -0.311. The van der Waals surface area contributed by atoms with Gasteiger partial charge in [-0.3, -0.25) is 4.79 Å². The Kier molecular flexibility index (Phi) is 7.57. The standard InChI is InChI=1S/C27H34F3N5O2/c1-2-24(27(28,29)30)32-20-7-5-18(6-8-20)26(36)35-17-19-4-3-11-31-25(19)33-22-10-9-21(16-23(22)35)34-12-14-37-15-13-34/h3-4,9-11,16,18,20,24,32H,2,5-8,12-15,17H2,1H3,(H,31,33)/t18?,20?,24-/m1/s1. The molecule has 37 heavy (non-hydrogen) atoms. The molecule has 1 saturated carbocycles. The van der Waals surface area contributed by atoms with Crippen molar-refractivity contribution in [3.63, 3.8) is 0 Å². The summed E-state index contributed by atoms with van der Waals surface area (Å²) in [4.78, 5) is 22.5. The van der Waals surface area contributed by atoms with Crippen LogP contribution in [-0.2, 0) is 16.1 Å². The number of carbonyl (C=O) groups is 1. The maximum Gasteiger partial charge on any atom is 0.403 e. The molecule has 1 aliphatic carbocycles. The highest BCUT2D eigenvalue weighted by molar-refractivity contribution is 6.00. The van der Waals surface area contributed by atoms with Gasteiger partial charge in [-0.15, -0.1) is 0 Å². The van der Waals surface area contributed by atoms with E-state index in [0.29, 0.717) is 45.4 Å². The molecule has 2 fully saturated rings. The number of fused-ring (bicyclic) bond motifs is 2. The van der Waals surface area contributed by atoms with E-state index in [-0.39, 0.29) is 24.3 Å². The maximum atomic E-state index is 14.0. The Bertz CT molecular complexity index is 1100. The molecule has 2 aromatic rings. The van der Waals surface area contributed by atoms with Gasteiger partial charge in [-0.2, -0.15) is 13.2 Å². The molecule has 0 spiro atoms. The molecule has 2 aliphatic heterocycles. The average Bonchev–Trinajstić information content (AvgIpc) is 3.08. The lowest BCUT2D eigenvalue weighted by molar-refractivity contribution is -0.159. The number of ether oxygens (including phenoxy) is 1. The lowest BCUT2D eigenvalue weighted by Crippen LogP contribution is -2.49. The normalized spacial score (nSPS) is 22.9. The molecule has 3 aliphatic rings. The average molecular weight is 518 g/mol. The van der Waals surface area contributed by atoms with Gasteiger partial charge in [-0.1, -0.05) is 13.0 Å². The summed E-state index contributed by atoms with van der Waals surface area (Å²) in [7, 11) is 0. The fourth-order valence-corrected chi connectivity index (χ4v) is 5.58. The summed E-state index contributed by atoms with van der Waals surface area (Å²) in [5.74, 6) is 0.506. The monoisotopic (exact) mass is 517 g/mol. The van der Waals surface area contributed by atoms with Gasteiger partial charge in [0.1, 0.15) is 11.9 Å². The van der Waals surface area contributed by atoms with E-state index in [1.54, 1.807) is 13.1 Å². The summed E-state index contributed by atoms with van der Waals surface area (Å²) in [5.41, 5.74) is 3.57. The van der Waals surface area contributed by atoms with E-state index < -0.39 is 12.2 Å². The van der Waals surface area contributed by atoms with Gasteiger partial charge in [0.15, 0.2) is 0 Å². The first-order valence-corrected chi connectivity index (χ1v) is 13.1. The Labute approximate surface area is 215 Å². The zero-order chi connectivity index (χ0) is 26.0. The fraction of sp³-hybridized carbons (Fsp3) is 0.556. The Morgan fingerprint density at radius 3 is 2.65 bits per heavy atom. The number of rotatable bonds is 5. The molecular weight excluding hydrogens is 483 g/mol. The van der Waals surface area contributed by atoms with Gasteiger partial charge in [0, 0.05) is 42.5 Å². The van der Waals surface area contributed by atoms with Crippen LogP contribution in [0.2, 0.25) is 0 Å². The summed E-state index contributed by atoms with van der Waals surface area (Å²) in [5, 5.41) is 6.19. The number of alkyl halides is 3. The van der Waals surface area contributed by atoms with Crippen LogP contribution < -0.4 is 20.4 Å². The number of anilines is 4. The van der Waals surface area contributed by atoms with Crippen molar-refractivity contribution in [1.82, 2.24) is 10.3 Å². The van der Waals surface area contributed by atoms with Crippen LogP contribution in [0.3, 0.4) is 0 Å². The molecule has 10 heteroatoms. The second-order valence-electron chi connectivity index (χ2n) is 10.1. The minimum Gasteiger partial charge on any atom is -0.378 e. The van der Waals surface area contributed by atoms with E-state index >= 15 is 0 Å². The third-order valence-corrected chi connectivity index (χ3v) is 7.70. The minimum atomic E-state index is -4.26. The highest BCUT2D eigenvalue weighted by Gasteiger charge is 2.40. The Morgan fingerprint density at radius 2 is 1.95 bits per heavy atom. The number of hydrogen-bond donors (Lipinski definition) is 2. The number of nitrogens with one attached hydrogen (secondary N) is 2. The Hall–Kier alpha value is -2.85. The van der Waals surface area contributed by atoms with Gasteiger partial charge in [0.2, 0.25) is 5.91 Å². The maximum absolute atomic E-state index is 14.0. The smallest absolute Gasteiger partial charge is 0.378 e. The van der Waals surface area contributed by atoms with Crippen molar-refractivity contribution in [3.05, 3.63) is 42.1 Å². The van der Waals surface area contributed by atoms with Crippen molar-refractivity contribution < 1.29 is 22.7 Å². The minimum absolute atomic E-state index is 0.00115. The summed E-state index contributed by atoms with van der Waals surface area (Å²) >= 11 is 0. The number of aromatic nitrogens is 1. The van der Waals surface area contributed by atoms with Gasteiger partial charge in [-0.25, -0.2) is 4.98 Å². The SMILES string of the molecule is CC[C@@H](NC1CCC(C(=O)N2Cc3cccnc3Nc3ccc(N4CCOCC4)cc32)CC1)C(F)(F)F. The van der Waals surface area contributed by atoms with Crippen LogP contribution in [-0.4, -0.2) is 55.5 Å². The second-order valence-corrected chi connectivity index (χ2v) is 10.1. The number of morpholine rings is 1. The van der Waals surface area contributed by atoms with E-state index in [1.165, 1.54) is 0 Å². The van der Waals surface area contributed by atoms with Crippen LogP contribution in [0.4, 0.5) is 36.1 Å². The van der Waals surface area contributed by atoms with Gasteiger partial charge >= 0.3 is 6.18 Å². The molecule has 200 valence electrons. The number of hydrogen-bond acceptors (Lipinski definition) is 6. The molecule has 1 saturated heterocycles. The van der Waals surface area contributed by atoms with Crippen LogP contribution >= 0.6 is 0 Å². The number of carbonyl (C=O) groups excluding carboxylic acids is 1. The van der Waals surface area contributed by atoms with Crippen LogP contribution in [0.5, 0.6) is 0 Å². The molecule has 3 heterocycles. The van der Waals surface area contributed by atoms with Gasteiger partial charge in [-0.05, 0) is 56.4 Å². The van der Waals surface area contributed by atoms with E-state index in [9.17, 15) is 18.0 Å². The third kappa shape index (κ3) is 5.70. The lowest BCUT2D eigenvalue weighted by Gasteiger charge is -2.35. The highest BCUT2D eigenvalue weighted by Crippen LogP contribution is 2.40. The molecule has 1 amide bonds. The van der Waals surface area contributed by atoms with Crippen LogP contribution in [0.15, 0.2) is 36.5 Å². The lowest BCUT2D eigenvalue weighted by atomic mass is 9.84.